The summed E-state index contributed by atoms with van der Waals surface area (Å²) in [7, 11) is 1.70. The lowest BCUT2D eigenvalue weighted by Gasteiger charge is -2.15. The lowest BCUT2D eigenvalue weighted by Crippen LogP contribution is -2.29. The summed E-state index contributed by atoms with van der Waals surface area (Å²) in [5, 5.41) is 11.5. The number of nitrogens with zero attached hydrogens (tertiary/aromatic N) is 2. The molecule has 2 aromatic rings. The molecule has 0 spiro atoms. The molecule has 1 N–H and O–H groups in total. The van der Waals surface area contributed by atoms with E-state index in [0.29, 0.717) is 13.0 Å². The second kappa shape index (κ2) is 8.59. The van der Waals surface area contributed by atoms with Gasteiger partial charge in [0, 0.05) is 31.0 Å². The van der Waals surface area contributed by atoms with E-state index >= 15 is 0 Å². The number of aliphatic carboxylic acids is 1. The second-order valence-electron chi connectivity index (χ2n) is 5.68. The number of carbonyl (C=O) groups is 2. The summed E-state index contributed by atoms with van der Waals surface area (Å²) >= 11 is 1.53. The van der Waals surface area contributed by atoms with Crippen molar-refractivity contribution < 1.29 is 14.7 Å². The molecular formula is C18H22N2O3S. The summed E-state index contributed by atoms with van der Waals surface area (Å²) in [6.07, 6.45) is 1.79. The minimum absolute atomic E-state index is 0.0430. The van der Waals surface area contributed by atoms with Crippen molar-refractivity contribution in [1.29, 1.82) is 0 Å². The maximum Gasteiger partial charge on any atom is 0.303 e. The number of likely N-dealkylation sites (N-methyl/N-ethyl adjacent to an activating group) is 1. The summed E-state index contributed by atoms with van der Waals surface area (Å²) < 4.78 is 0. The zero-order chi connectivity index (χ0) is 17.5. The minimum atomic E-state index is -0.839. The highest BCUT2D eigenvalue weighted by atomic mass is 32.1. The maximum absolute atomic E-state index is 12.2. The Bertz CT molecular complexity index is 695. The summed E-state index contributed by atoms with van der Waals surface area (Å²) in [5.41, 5.74) is 3.10. The van der Waals surface area contributed by atoms with Gasteiger partial charge in [-0.3, -0.25) is 9.59 Å². The van der Waals surface area contributed by atoms with Crippen LogP contribution in [-0.2, 0) is 22.4 Å². The molecule has 1 heterocycles. The molecule has 1 amide bonds. The molecule has 0 aliphatic carbocycles. The van der Waals surface area contributed by atoms with Crippen LogP contribution in [0.5, 0.6) is 0 Å². The third-order valence-corrected chi connectivity index (χ3v) is 4.74. The van der Waals surface area contributed by atoms with Gasteiger partial charge in [-0.2, -0.15) is 0 Å². The van der Waals surface area contributed by atoms with Gasteiger partial charge in [-0.1, -0.05) is 31.2 Å². The van der Waals surface area contributed by atoms with Crippen LogP contribution in [0.3, 0.4) is 0 Å². The van der Waals surface area contributed by atoms with E-state index < -0.39 is 5.97 Å². The summed E-state index contributed by atoms with van der Waals surface area (Å²) in [5.74, 6) is -0.882. The zero-order valence-electron chi connectivity index (χ0n) is 14.0. The van der Waals surface area contributed by atoms with Gasteiger partial charge >= 0.3 is 5.97 Å². The first-order valence-electron chi connectivity index (χ1n) is 7.99. The number of carbonyl (C=O) groups excluding carboxylic acids is 1. The van der Waals surface area contributed by atoms with Crippen LogP contribution < -0.4 is 0 Å². The fourth-order valence-corrected chi connectivity index (χ4v) is 3.11. The van der Waals surface area contributed by atoms with Crippen LogP contribution in [0, 0.1) is 0 Å². The smallest absolute Gasteiger partial charge is 0.303 e. The highest BCUT2D eigenvalue weighted by molar-refractivity contribution is 7.13. The van der Waals surface area contributed by atoms with E-state index in [1.165, 1.54) is 16.9 Å². The van der Waals surface area contributed by atoms with Crippen molar-refractivity contribution in [2.24, 2.45) is 0 Å². The quantitative estimate of drug-likeness (QED) is 0.796. The van der Waals surface area contributed by atoms with Crippen LogP contribution >= 0.6 is 11.3 Å². The van der Waals surface area contributed by atoms with Crippen molar-refractivity contribution in [2.75, 3.05) is 13.6 Å². The Morgan fingerprint density at radius 2 is 1.96 bits per heavy atom. The van der Waals surface area contributed by atoms with E-state index in [9.17, 15) is 9.59 Å². The molecule has 0 saturated carbocycles. The SMILES string of the molecule is CCc1ccc(-c2nc(CC(=O)N(C)CCCC(=O)O)cs2)cc1. The molecule has 1 aromatic carbocycles. The fraction of sp³-hybridized carbons (Fsp3) is 0.389. The standard InChI is InChI=1S/C18H22N2O3S/c1-3-13-6-8-14(9-7-13)18-19-15(12-24-18)11-16(21)20(2)10-4-5-17(22)23/h6-9,12H,3-5,10-11H2,1-2H3,(H,22,23). The zero-order valence-corrected chi connectivity index (χ0v) is 14.8. The minimum Gasteiger partial charge on any atom is -0.481 e. The molecule has 128 valence electrons. The molecule has 0 fully saturated rings. The van der Waals surface area contributed by atoms with Gasteiger partial charge in [0.05, 0.1) is 12.1 Å². The molecule has 5 nitrogen and oxygen atoms in total. The molecule has 6 heteroatoms. The van der Waals surface area contributed by atoms with Crippen molar-refractivity contribution in [2.45, 2.75) is 32.6 Å². The largest absolute Gasteiger partial charge is 0.481 e. The number of carboxylic acid groups (broad SMARTS) is 1. The normalized spacial score (nSPS) is 10.6. The molecule has 2 rings (SSSR count). The average molecular weight is 346 g/mol. The van der Waals surface area contributed by atoms with Gasteiger partial charge in [0.15, 0.2) is 0 Å². The van der Waals surface area contributed by atoms with Crippen LogP contribution in [-0.4, -0.2) is 40.5 Å². The monoisotopic (exact) mass is 346 g/mol. The van der Waals surface area contributed by atoms with Crippen LogP contribution in [0.15, 0.2) is 29.6 Å². The van der Waals surface area contributed by atoms with Crippen molar-refractivity contribution in [1.82, 2.24) is 9.88 Å². The Hall–Kier alpha value is -2.21. The molecule has 0 unspecified atom stereocenters. The van der Waals surface area contributed by atoms with E-state index in [1.807, 2.05) is 5.38 Å². The van der Waals surface area contributed by atoms with Gasteiger partial charge in [0.25, 0.3) is 0 Å². The molecule has 1 aromatic heterocycles. The number of rotatable bonds is 8. The molecule has 0 radical (unpaired) electrons. The molecule has 0 aliphatic heterocycles. The predicted molar refractivity (Wildman–Crippen MR) is 95.1 cm³/mol. The number of amides is 1. The molecule has 0 bridgehead atoms. The van der Waals surface area contributed by atoms with Crippen molar-refractivity contribution in [3.8, 4) is 10.6 Å². The van der Waals surface area contributed by atoms with Gasteiger partial charge < -0.3 is 10.0 Å². The first-order valence-corrected chi connectivity index (χ1v) is 8.87. The van der Waals surface area contributed by atoms with Crippen molar-refractivity contribution in [3.05, 3.63) is 40.9 Å². The molecule has 0 atom stereocenters. The molecule has 0 aliphatic rings. The van der Waals surface area contributed by atoms with Crippen molar-refractivity contribution >= 4 is 23.2 Å². The Kier molecular flexibility index (Phi) is 6.49. The number of aryl methyl sites for hydroxylation is 1. The van der Waals surface area contributed by atoms with Crippen molar-refractivity contribution in [3.63, 3.8) is 0 Å². The highest BCUT2D eigenvalue weighted by Crippen LogP contribution is 2.24. The van der Waals surface area contributed by atoms with E-state index in [-0.39, 0.29) is 18.7 Å². The second-order valence-corrected chi connectivity index (χ2v) is 6.54. The Morgan fingerprint density at radius 1 is 1.25 bits per heavy atom. The van der Waals surface area contributed by atoms with E-state index in [0.717, 1.165) is 22.7 Å². The number of aromatic nitrogens is 1. The van der Waals surface area contributed by atoms with Gasteiger partial charge in [-0.05, 0) is 18.4 Å². The fourth-order valence-electron chi connectivity index (χ4n) is 2.29. The van der Waals surface area contributed by atoms with E-state index in [4.69, 9.17) is 5.11 Å². The van der Waals surface area contributed by atoms with Gasteiger partial charge in [0.2, 0.25) is 5.91 Å². The number of thiazole rings is 1. The topological polar surface area (TPSA) is 70.5 Å². The number of carboxylic acids is 1. The molecule has 24 heavy (non-hydrogen) atoms. The van der Waals surface area contributed by atoms with Crippen LogP contribution in [0.25, 0.3) is 10.6 Å². The van der Waals surface area contributed by atoms with E-state index in [2.05, 4.69) is 36.2 Å². The third kappa shape index (κ3) is 5.16. The van der Waals surface area contributed by atoms with Crippen LogP contribution in [0.1, 0.15) is 31.0 Å². The summed E-state index contributed by atoms with van der Waals surface area (Å²) in [4.78, 5) is 28.8. The predicted octanol–water partition coefficient (Wildman–Crippen LogP) is 3.24. The van der Waals surface area contributed by atoms with Gasteiger partial charge in [0.1, 0.15) is 5.01 Å². The number of hydrogen-bond donors (Lipinski definition) is 1. The maximum atomic E-state index is 12.2. The van der Waals surface area contributed by atoms with E-state index in [1.54, 1.807) is 11.9 Å². The Morgan fingerprint density at radius 3 is 2.58 bits per heavy atom. The lowest BCUT2D eigenvalue weighted by molar-refractivity contribution is -0.138. The Balaban J connectivity index is 1.92. The average Bonchev–Trinajstić information content (AvgIpc) is 3.03. The molecular weight excluding hydrogens is 324 g/mol. The molecule has 0 saturated heterocycles. The Labute approximate surface area is 146 Å². The third-order valence-electron chi connectivity index (χ3n) is 3.80. The summed E-state index contributed by atoms with van der Waals surface area (Å²) in [6.45, 7) is 2.57. The summed E-state index contributed by atoms with van der Waals surface area (Å²) in [6, 6.07) is 8.30. The number of hydrogen-bond acceptors (Lipinski definition) is 4. The van der Waals surface area contributed by atoms with Crippen LogP contribution in [0.2, 0.25) is 0 Å². The first kappa shape index (κ1) is 18.1. The number of benzene rings is 1. The lowest BCUT2D eigenvalue weighted by atomic mass is 10.1. The van der Waals surface area contributed by atoms with Crippen LogP contribution in [0.4, 0.5) is 0 Å². The highest BCUT2D eigenvalue weighted by Gasteiger charge is 2.13. The van der Waals surface area contributed by atoms with Gasteiger partial charge in [-0.15, -0.1) is 11.3 Å². The van der Waals surface area contributed by atoms with Gasteiger partial charge in [-0.25, -0.2) is 4.98 Å². The first-order chi connectivity index (χ1) is 11.5.